The topological polar surface area (TPSA) is 173 Å². The summed E-state index contributed by atoms with van der Waals surface area (Å²) in [5.41, 5.74) is -2.74. The zero-order chi connectivity index (χ0) is 16.8. The second kappa shape index (κ2) is 7.61. The highest BCUT2D eigenvalue weighted by molar-refractivity contribution is 7.80. The highest BCUT2D eigenvalue weighted by Crippen LogP contribution is 2.15. The van der Waals surface area contributed by atoms with Crippen LogP contribution in [-0.4, -0.2) is 65.1 Å². The van der Waals surface area contributed by atoms with Gasteiger partial charge in [0.25, 0.3) is 5.91 Å². The molecule has 1 saturated heterocycles. The monoisotopic (exact) mass is 323 g/mol. The third-order valence-electron chi connectivity index (χ3n) is 2.31. The van der Waals surface area contributed by atoms with Crippen molar-refractivity contribution in [3.8, 4) is 0 Å². The molecule has 1 heterocycles. The quantitative estimate of drug-likeness (QED) is 0.314. The number of hydrogen-bond acceptors (Lipinski definition) is 7. The number of carbonyl (C=O) groups is 4. The molecule has 0 unspecified atom stereocenters. The van der Waals surface area contributed by atoms with Gasteiger partial charge in [0.05, 0.1) is 12.8 Å². The summed E-state index contributed by atoms with van der Waals surface area (Å²) in [5, 5.41) is 43.0. The largest absolute Gasteiger partial charge is 0.481 e. The van der Waals surface area contributed by atoms with E-state index in [1.54, 1.807) is 0 Å². The van der Waals surface area contributed by atoms with Crippen molar-refractivity contribution in [3.05, 3.63) is 0 Å². The predicted octanol–water partition coefficient (Wildman–Crippen LogP) is -0.923. The molecular weight excluding hydrogens is 310 g/mol. The van der Waals surface area contributed by atoms with Gasteiger partial charge in [-0.1, -0.05) is 12.2 Å². The number of carboxylic acid groups (broad SMARTS) is 3. The molecule has 0 radical (unpaired) electrons. The van der Waals surface area contributed by atoms with Crippen molar-refractivity contribution in [1.29, 1.82) is 0 Å². The van der Waals surface area contributed by atoms with E-state index in [4.69, 9.17) is 25.6 Å². The molecule has 0 aliphatic carbocycles. The summed E-state index contributed by atoms with van der Waals surface area (Å²) in [6.45, 7) is 0. The lowest BCUT2D eigenvalue weighted by atomic mass is 9.96. The molecule has 21 heavy (non-hydrogen) atoms. The summed E-state index contributed by atoms with van der Waals surface area (Å²) in [4.78, 5) is 41.2. The summed E-state index contributed by atoms with van der Waals surface area (Å²) in [5.74, 6) is -5.32. The maximum absolute atomic E-state index is 10.4. The summed E-state index contributed by atoms with van der Waals surface area (Å²) < 4.78 is 0. The summed E-state index contributed by atoms with van der Waals surface area (Å²) in [6.07, 6.45) is -1.41. The Labute approximate surface area is 123 Å². The van der Waals surface area contributed by atoms with Gasteiger partial charge in [-0.25, -0.2) is 4.79 Å². The van der Waals surface area contributed by atoms with E-state index in [0.29, 0.717) is 22.9 Å². The van der Waals surface area contributed by atoms with Crippen LogP contribution in [0.4, 0.5) is 0 Å². The molecule has 1 aliphatic heterocycles. The SMILES string of the molecule is O=C(O)CC(O)(CC(=O)O)C(=O)O.O=C1CCC(=S)N1O. The summed E-state index contributed by atoms with van der Waals surface area (Å²) >= 11 is 4.57. The minimum absolute atomic E-state index is 0.296. The molecule has 1 rings (SSSR count). The van der Waals surface area contributed by atoms with E-state index < -0.39 is 36.4 Å². The number of aliphatic carboxylic acids is 3. The average Bonchev–Trinajstić information content (AvgIpc) is 2.59. The van der Waals surface area contributed by atoms with Crippen molar-refractivity contribution in [2.75, 3.05) is 0 Å². The van der Waals surface area contributed by atoms with Crippen LogP contribution in [0.3, 0.4) is 0 Å². The Kier molecular flexibility index (Phi) is 6.85. The predicted molar refractivity (Wildman–Crippen MR) is 67.6 cm³/mol. The van der Waals surface area contributed by atoms with Crippen molar-refractivity contribution < 1.29 is 44.8 Å². The highest BCUT2D eigenvalue weighted by atomic mass is 32.1. The Morgan fingerprint density at radius 1 is 1.10 bits per heavy atom. The number of hydrogen-bond donors (Lipinski definition) is 5. The first-order valence-corrected chi connectivity index (χ1v) is 5.84. The molecule has 0 bridgehead atoms. The molecular formula is C10H13NO9S. The van der Waals surface area contributed by atoms with Crippen LogP contribution in [0.5, 0.6) is 0 Å². The van der Waals surface area contributed by atoms with Gasteiger partial charge in [-0.3, -0.25) is 19.6 Å². The molecule has 0 aromatic heterocycles. The molecule has 1 aliphatic rings. The summed E-state index contributed by atoms with van der Waals surface area (Å²) in [7, 11) is 0. The van der Waals surface area contributed by atoms with E-state index in [9.17, 15) is 19.2 Å². The number of hydroxylamine groups is 2. The van der Waals surface area contributed by atoms with Crippen molar-refractivity contribution in [2.45, 2.75) is 31.3 Å². The lowest BCUT2D eigenvalue weighted by molar-refractivity contribution is -0.170. The fraction of sp³-hybridized carbons (Fsp3) is 0.500. The van der Waals surface area contributed by atoms with Gasteiger partial charge in [-0.2, -0.15) is 5.06 Å². The number of carbonyl (C=O) groups excluding carboxylic acids is 1. The average molecular weight is 323 g/mol. The Morgan fingerprint density at radius 3 is 1.67 bits per heavy atom. The number of rotatable bonds is 5. The van der Waals surface area contributed by atoms with Crippen molar-refractivity contribution >= 4 is 41.0 Å². The van der Waals surface area contributed by atoms with Crippen LogP contribution < -0.4 is 0 Å². The zero-order valence-corrected chi connectivity index (χ0v) is 11.4. The van der Waals surface area contributed by atoms with Gasteiger partial charge in [0.1, 0.15) is 4.99 Å². The Hall–Kier alpha value is -2.11. The van der Waals surface area contributed by atoms with Gasteiger partial charge in [0.2, 0.25) is 0 Å². The first-order chi connectivity index (χ1) is 9.49. The van der Waals surface area contributed by atoms with E-state index >= 15 is 0 Å². The smallest absolute Gasteiger partial charge is 0.336 e. The number of thiocarbonyl (C=S) groups is 1. The lowest BCUT2D eigenvalue weighted by Crippen LogP contribution is -2.42. The minimum atomic E-state index is -2.74. The highest BCUT2D eigenvalue weighted by Gasteiger charge is 2.40. The fourth-order valence-corrected chi connectivity index (χ4v) is 1.48. The first-order valence-electron chi connectivity index (χ1n) is 5.43. The zero-order valence-electron chi connectivity index (χ0n) is 10.6. The third kappa shape index (κ3) is 6.25. The van der Waals surface area contributed by atoms with Gasteiger partial charge < -0.3 is 20.4 Å². The molecule has 1 fully saturated rings. The first kappa shape index (κ1) is 18.9. The lowest BCUT2D eigenvalue weighted by Gasteiger charge is -2.18. The Morgan fingerprint density at radius 2 is 1.52 bits per heavy atom. The molecule has 5 N–H and O–H groups in total. The van der Waals surface area contributed by atoms with Crippen molar-refractivity contribution in [1.82, 2.24) is 5.06 Å². The second-order valence-corrected chi connectivity index (χ2v) is 4.55. The number of aliphatic hydroxyl groups is 1. The molecule has 0 aromatic carbocycles. The minimum Gasteiger partial charge on any atom is -0.481 e. The summed E-state index contributed by atoms with van der Waals surface area (Å²) in [6, 6.07) is 0. The number of nitrogens with zero attached hydrogens (tertiary/aromatic N) is 1. The normalized spacial score (nSPS) is 14.5. The van der Waals surface area contributed by atoms with Crippen LogP contribution >= 0.6 is 12.2 Å². The van der Waals surface area contributed by atoms with Gasteiger partial charge in [-0.05, 0) is 0 Å². The maximum atomic E-state index is 10.4. The van der Waals surface area contributed by atoms with Crippen LogP contribution in [0.1, 0.15) is 25.7 Å². The van der Waals surface area contributed by atoms with E-state index in [1.807, 2.05) is 0 Å². The molecule has 0 spiro atoms. The van der Waals surface area contributed by atoms with Crippen LogP contribution in [-0.2, 0) is 19.2 Å². The van der Waals surface area contributed by atoms with Crippen LogP contribution in [0.15, 0.2) is 0 Å². The maximum Gasteiger partial charge on any atom is 0.336 e. The standard InChI is InChI=1S/C6H8O7.C4H5NO2S/c7-3(8)1-6(13,5(11)12)2-4(9)10;6-3-1-2-4(8)5(3)7/h13H,1-2H2,(H,7,8)(H,9,10)(H,11,12);7H,1-2H2. The third-order valence-corrected chi connectivity index (χ3v) is 2.69. The Balaban J connectivity index is 0.000000423. The molecule has 0 atom stereocenters. The van der Waals surface area contributed by atoms with Crippen LogP contribution in [0, 0.1) is 0 Å². The molecule has 1 amide bonds. The Bertz CT molecular complexity index is 443. The van der Waals surface area contributed by atoms with Gasteiger partial charge >= 0.3 is 17.9 Å². The van der Waals surface area contributed by atoms with E-state index in [2.05, 4.69) is 12.2 Å². The fourth-order valence-electron chi connectivity index (χ4n) is 1.28. The van der Waals surface area contributed by atoms with E-state index in [0.717, 1.165) is 0 Å². The second-order valence-electron chi connectivity index (χ2n) is 4.08. The molecule has 118 valence electrons. The van der Waals surface area contributed by atoms with Crippen LogP contribution in [0.25, 0.3) is 0 Å². The van der Waals surface area contributed by atoms with Gasteiger partial charge in [-0.15, -0.1) is 0 Å². The van der Waals surface area contributed by atoms with E-state index in [-0.39, 0.29) is 5.91 Å². The number of carboxylic acids is 3. The molecule has 11 heteroatoms. The molecule has 0 aromatic rings. The number of amides is 1. The van der Waals surface area contributed by atoms with Gasteiger partial charge in [0, 0.05) is 12.8 Å². The van der Waals surface area contributed by atoms with Crippen molar-refractivity contribution in [2.24, 2.45) is 0 Å². The van der Waals surface area contributed by atoms with Gasteiger partial charge in [0.15, 0.2) is 5.60 Å². The molecule has 10 nitrogen and oxygen atoms in total. The van der Waals surface area contributed by atoms with Crippen LogP contribution in [0.2, 0.25) is 0 Å². The van der Waals surface area contributed by atoms with E-state index in [1.165, 1.54) is 0 Å². The van der Waals surface area contributed by atoms with Crippen molar-refractivity contribution in [3.63, 3.8) is 0 Å². The molecule has 0 saturated carbocycles.